The average molecular weight is 507 g/mol. The summed E-state index contributed by atoms with van der Waals surface area (Å²) in [6.45, 7) is 0. The molecule has 4 N–H and O–H groups in total. The number of carboxylic acid groups (broad SMARTS) is 4. The third-order valence-corrected chi connectivity index (χ3v) is 6.94. The van der Waals surface area contributed by atoms with E-state index in [1.54, 1.807) is 0 Å². The molecule has 1 aromatic rings. The number of hydrogen-bond donors (Lipinski definition) is 4. The van der Waals surface area contributed by atoms with Gasteiger partial charge in [-0.15, -0.1) is 0 Å². The standard InChI is InChI=1S/C20H36O4.C8H6O4/c21-18(22)14-10-6-5-9-13-17-20(19(23)24)15-11-7-3-1-2-4-8-12-16-20;9-7(10)5-1-2-6(4-3-5)8(11)12/h1-17H2,(H,21,22)(H,23,24);1-4H,(H,9,10)(H,11,12). The van der Waals surface area contributed by atoms with Crippen molar-refractivity contribution in [2.45, 2.75) is 109 Å². The Labute approximate surface area is 213 Å². The van der Waals surface area contributed by atoms with Crippen molar-refractivity contribution in [2.24, 2.45) is 5.41 Å². The molecule has 1 aromatic carbocycles. The molecule has 2 rings (SSSR count). The van der Waals surface area contributed by atoms with Crippen molar-refractivity contribution in [1.82, 2.24) is 0 Å². The Morgan fingerprint density at radius 1 is 0.583 bits per heavy atom. The van der Waals surface area contributed by atoms with E-state index in [-0.39, 0.29) is 17.5 Å². The predicted octanol–water partition coefficient (Wildman–Crippen LogP) is 6.87. The number of aliphatic carboxylic acids is 2. The molecule has 0 heterocycles. The first-order chi connectivity index (χ1) is 17.2. The summed E-state index contributed by atoms with van der Waals surface area (Å²) < 4.78 is 0. The molecule has 1 fully saturated rings. The van der Waals surface area contributed by atoms with Crippen molar-refractivity contribution in [2.75, 3.05) is 0 Å². The molecule has 36 heavy (non-hydrogen) atoms. The Bertz CT molecular complexity index is 770. The first-order valence-electron chi connectivity index (χ1n) is 13.2. The van der Waals surface area contributed by atoms with E-state index in [1.165, 1.54) is 62.8 Å². The minimum atomic E-state index is -1.06. The number of rotatable bonds is 11. The van der Waals surface area contributed by atoms with Crippen LogP contribution in [-0.4, -0.2) is 44.3 Å². The summed E-state index contributed by atoms with van der Waals surface area (Å²) in [5.74, 6) is -3.44. The molecule has 0 amide bonds. The zero-order chi connectivity index (χ0) is 26.8. The molecule has 0 aromatic heterocycles. The molecule has 1 aliphatic carbocycles. The second kappa shape index (κ2) is 17.5. The van der Waals surface area contributed by atoms with Crippen molar-refractivity contribution in [3.05, 3.63) is 35.4 Å². The van der Waals surface area contributed by atoms with Gasteiger partial charge in [0, 0.05) is 6.42 Å². The predicted molar refractivity (Wildman–Crippen MR) is 137 cm³/mol. The van der Waals surface area contributed by atoms with E-state index in [9.17, 15) is 24.3 Å². The third kappa shape index (κ3) is 12.7. The normalized spacial score (nSPS) is 16.0. The van der Waals surface area contributed by atoms with Gasteiger partial charge in [0.2, 0.25) is 0 Å². The van der Waals surface area contributed by atoms with Crippen molar-refractivity contribution >= 4 is 23.9 Å². The van der Waals surface area contributed by atoms with Crippen molar-refractivity contribution in [3.63, 3.8) is 0 Å². The average Bonchev–Trinajstić information content (AvgIpc) is 2.89. The van der Waals surface area contributed by atoms with Crippen LogP contribution in [0.25, 0.3) is 0 Å². The Hall–Kier alpha value is -2.90. The molecule has 0 radical (unpaired) electrons. The summed E-state index contributed by atoms with van der Waals surface area (Å²) >= 11 is 0. The highest BCUT2D eigenvalue weighted by Gasteiger charge is 2.36. The van der Waals surface area contributed by atoms with E-state index in [0.717, 1.165) is 64.2 Å². The summed E-state index contributed by atoms with van der Waals surface area (Å²) in [6, 6.07) is 5.02. The van der Waals surface area contributed by atoms with E-state index >= 15 is 0 Å². The van der Waals surface area contributed by atoms with Crippen molar-refractivity contribution in [1.29, 1.82) is 0 Å². The van der Waals surface area contributed by atoms with Gasteiger partial charge in [0.25, 0.3) is 0 Å². The van der Waals surface area contributed by atoms with Crippen LogP contribution >= 0.6 is 0 Å². The van der Waals surface area contributed by atoms with E-state index in [4.69, 9.17) is 15.3 Å². The smallest absolute Gasteiger partial charge is 0.335 e. The maximum atomic E-state index is 12.0. The second-order valence-electron chi connectivity index (χ2n) is 9.76. The maximum absolute atomic E-state index is 12.0. The second-order valence-corrected chi connectivity index (χ2v) is 9.76. The highest BCUT2D eigenvalue weighted by molar-refractivity contribution is 5.91. The molecule has 0 saturated heterocycles. The molecule has 0 atom stereocenters. The summed E-state index contributed by atoms with van der Waals surface area (Å²) in [6.07, 6.45) is 16.9. The lowest BCUT2D eigenvalue weighted by Crippen LogP contribution is -2.31. The topological polar surface area (TPSA) is 149 Å². The lowest BCUT2D eigenvalue weighted by Gasteiger charge is -2.30. The van der Waals surface area contributed by atoms with E-state index in [2.05, 4.69) is 0 Å². The van der Waals surface area contributed by atoms with Gasteiger partial charge < -0.3 is 20.4 Å². The number of unbranched alkanes of at least 4 members (excludes halogenated alkanes) is 4. The molecule has 1 aliphatic rings. The Morgan fingerprint density at radius 2 is 0.972 bits per heavy atom. The number of hydrogen-bond acceptors (Lipinski definition) is 4. The Kier molecular flexibility index (Phi) is 15.1. The minimum Gasteiger partial charge on any atom is -0.481 e. The van der Waals surface area contributed by atoms with Crippen LogP contribution in [0.2, 0.25) is 0 Å². The molecule has 8 heteroatoms. The van der Waals surface area contributed by atoms with Gasteiger partial charge >= 0.3 is 23.9 Å². The van der Waals surface area contributed by atoms with Crippen LogP contribution in [-0.2, 0) is 9.59 Å². The van der Waals surface area contributed by atoms with Crippen molar-refractivity contribution in [3.8, 4) is 0 Å². The molecular formula is C28H42O8. The monoisotopic (exact) mass is 506 g/mol. The zero-order valence-electron chi connectivity index (χ0n) is 21.3. The van der Waals surface area contributed by atoms with Gasteiger partial charge in [0.15, 0.2) is 0 Å². The molecule has 0 unspecified atom stereocenters. The van der Waals surface area contributed by atoms with E-state index < -0.39 is 29.3 Å². The highest BCUT2D eigenvalue weighted by atomic mass is 16.4. The van der Waals surface area contributed by atoms with Gasteiger partial charge in [-0.3, -0.25) is 9.59 Å². The van der Waals surface area contributed by atoms with Gasteiger partial charge in [-0.1, -0.05) is 77.0 Å². The van der Waals surface area contributed by atoms with Gasteiger partial charge in [-0.05, 0) is 49.9 Å². The van der Waals surface area contributed by atoms with Crippen LogP contribution < -0.4 is 0 Å². The van der Waals surface area contributed by atoms with Crippen LogP contribution in [0.1, 0.15) is 130 Å². The summed E-state index contributed by atoms with van der Waals surface area (Å²) in [4.78, 5) is 43.2. The Balaban J connectivity index is 0.000000450. The quantitative estimate of drug-likeness (QED) is 0.237. The SMILES string of the molecule is O=C(O)CCCCCCCC1(C(=O)O)CCCCCCCCCC1.O=C(O)c1ccc(C(=O)O)cc1. The van der Waals surface area contributed by atoms with Gasteiger partial charge in [0.1, 0.15) is 0 Å². The van der Waals surface area contributed by atoms with E-state index in [0.29, 0.717) is 0 Å². The van der Waals surface area contributed by atoms with Gasteiger partial charge in [0.05, 0.1) is 16.5 Å². The van der Waals surface area contributed by atoms with Gasteiger partial charge in [-0.25, -0.2) is 9.59 Å². The van der Waals surface area contributed by atoms with Crippen LogP contribution in [0.3, 0.4) is 0 Å². The minimum absolute atomic E-state index is 0.0833. The number of carbonyl (C=O) groups is 4. The molecule has 0 bridgehead atoms. The molecule has 0 spiro atoms. The number of benzene rings is 1. The highest BCUT2D eigenvalue weighted by Crippen LogP contribution is 2.38. The van der Waals surface area contributed by atoms with Crippen molar-refractivity contribution < 1.29 is 39.6 Å². The maximum Gasteiger partial charge on any atom is 0.335 e. The molecule has 1 saturated carbocycles. The first kappa shape index (κ1) is 31.1. The third-order valence-electron chi connectivity index (χ3n) is 6.94. The van der Waals surface area contributed by atoms with Gasteiger partial charge in [-0.2, -0.15) is 0 Å². The van der Waals surface area contributed by atoms with Crippen LogP contribution in [0.4, 0.5) is 0 Å². The van der Waals surface area contributed by atoms with Crippen LogP contribution in [0.15, 0.2) is 24.3 Å². The fourth-order valence-corrected chi connectivity index (χ4v) is 4.71. The summed E-state index contributed by atoms with van der Waals surface area (Å²) in [5.41, 5.74) is -0.342. The largest absolute Gasteiger partial charge is 0.481 e. The molecule has 8 nitrogen and oxygen atoms in total. The van der Waals surface area contributed by atoms with E-state index in [1.807, 2.05) is 0 Å². The fourth-order valence-electron chi connectivity index (χ4n) is 4.71. The Morgan fingerprint density at radius 3 is 1.36 bits per heavy atom. The zero-order valence-corrected chi connectivity index (χ0v) is 21.3. The summed E-state index contributed by atoms with van der Waals surface area (Å²) in [7, 11) is 0. The first-order valence-corrected chi connectivity index (χ1v) is 13.2. The fraction of sp³-hybridized carbons (Fsp3) is 0.643. The lowest BCUT2D eigenvalue weighted by atomic mass is 9.74. The number of aromatic carboxylic acids is 2. The summed E-state index contributed by atoms with van der Waals surface area (Å²) in [5, 5.41) is 35.4. The molecule has 0 aliphatic heterocycles. The molecular weight excluding hydrogens is 464 g/mol. The van der Waals surface area contributed by atoms with Crippen LogP contribution in [0.5, 0.6) is 0 Å². The lowest BCUT2D eigenvalue weighted by molar-refractivity contribution is -0.151. The van der Waals surface area contributed by atoms with Crippen LogP contribution in [0, 0.1) is 5.41 Å². The molecule has 202 valence electrons. The number of carboxylic acids is 4.